The molecule has 3 heteroatoms. The lowest BCUT2D eigenvalue weighted by molar-refractivity contribution is -0.697. The molecule has 0 amide bonds. The van der Waals surface area contributed by atoms with Crippen LogP contribution in [0.2, 0.25) is 0 Å². The minimum atomic E-state index is 0.853. The van der Waals surface area contributed by atoms with Gasteiger partial charge < -0.3 is 9.64 Å². The Kier molecular flexibility index (Phi) is 5.46. The van der Waals surface area contributed by atoms with Crippen LogP contribution < -0.4 is 9.47 Å². The molecule has 0 spiro atoms. The number of nitrogens with zero attached hydrogens (tertiary/aromatic N) is 2. The maximum atomic E-state index is 5.37. The van der Waals surface area contributed by atoms with Crippen LogP contribution in [-0.4, -0.2) is 26.3 Å². The Balaban J connectivity index is 1.81. The van der Waals surface area contributed by atoms with Crippen LogP contribution in [0.25, 0.3) is 0 Å². The summed E-state index contributed by atoms with van der Waals surface area (Å²) < 4.78 is 7.67. The summed E-state index contributed by atoms with van der Waals surface area (Å²) in [4.78, 5) is 2.39. The normalized spacial score (nSPS) is 15.9. The first-order valence-electron chi connectivity index (χ1n) is 7.22. The zero-order valence-corrected chi connectivity index (χ0v) is 11.5. The van der Waals surface area contributed by atoms with Gasteiger partial charge in [-0.05, 0) is 6.42 Å². The Morgan fingerprint density at radius 3 is 2.50 bits per heavy atom. The van der Waals surface area contributed by atoms with Crippen LogP contribution >= 0.6 is 0 Å². The summed E-state index contributed by atoms with van der Waals surface area (Å²) in [6.45, 7) is 7.13. The van der Waals surface area contributed by atoms with Gasteiger partial charge in [0.2, 0.25) is 0 Å². The molecule has 0 aliphatic carbocycles. The topological polar surface area (TPSA) is 16.4 Å². The molecule has 0 atom stereocenters. The van der Waals surface area contributed by atoms with Crippen molar-refractivity contribution in [2.24, 2.45) is 0 Å². The van der Waals surface area contributed by atoms with Crippen LogP contribution in [0.15, 0.2) is 24.5 Å². The van der Waals surface area contributed by atoms with E-state index in [1.54, 1.807) is 0 Å². The minimum Gasteiger partial charge on any atom is -0.378 e. The van der Waals surface area contributed by atoms with Crippen molar-refractivity contribution in [2.75, 3.05) is 31.2 Å². The third-order valence-corrected chi connectivity index (χ3v) is 3.52. The lowest BCUT2D eigenvalue weighted by atomic mass is 10.2. The number of hydrogen-bond donors (Lipinski definition) is 0. The number of hydrogen-bond acceptors (Lipinski definition) is 2. The highest BCUT2D eigenvalue weighted by Gasteiger charge is 2.12. The molecule has 2 rings (SSSR count). The molecule has 1 aliphatic rings. The number of aryl methyl sites for hydroxylation is 1. The van der Waals surface area contributed by atoms with Crippen LogP contribution in [0.1, 0.15) is 32.6 Å². The average molecular weight is 249 g/mol. The van der Waals surface area contributed by atoms with Crippen LogP contribution in [0.4, 0.5) is 5.69 Å². The fourth-order valence-electron chi connectivity index (χ4n) is 2.35. The highest BCUT2D eigenvalue weighted by Crippen LogP contribution is 2.13. The second-order valence-electron chi connectivity index (χ2n) is 4.95. The van der Waals surface area contributed by atoms with E-state index in [9.17, 15) is 0 Å². The van der Waals surface area contributed by atoms with Crippen molar-refractivity contribution >= 4 is 5.69 Å². The van der Waals surface area contributed by atoms with E-state index in [2.05, 4.69) is 40.9 Å². The summed E-state index contributed by atoms with van der Waals surface area (Å²) in [6, 6.07) is 4.45. The lowest BCUT2D eigenvalue weighted by Crippen LogP contribution is -2.38. The largest absolute Gasteiger partial charge is 0.378 e. The van der Waals surface area contributed by atoms with Gasteiger partial charge in [-0.15, -0.1) is 0 Å². The number of anilines is 1. The molecule has 1 saturated heterocycles. The SMILES string of the molecule is CCCCCC[n+]1ccc(N2CCOCC2)cc1. The van der Waals surface area contributed by atoms with Crippen molar-refractivity contribution in [1.29, 1.82) is 0 Å². The van der Waals surface area contributed by atoms with Gasteiger partial charge in [0, 0.05) is 37.3 Å². The number of morpholine rings is 1. The average Bonchev–Trinajstić information content (AvgIpc) is 2.45. The Hall–Kier alpha value is -1.09. The summed E-state index contributed by atoms with van der Waals surface area (Å²) in [7, 11) is 0. The summed E-state index contributed by atoms with van der Waals surface area (Å²) in [5.41, 5.74) is 1.32. The van der Waals surface area contributed by atoms with Gasteiger partial charge in [-0.25, -0.2) is 4.57 Å². The molecule has 1 fully saturated rings. The molecule has 3 nitrogen and oxygen atoms in total. The quantitative estimate of drug-likeness (QED) is 0.568. The predicted octanol–water partition coefficient (Wildman–Crippen LogP) is 2.39. The van der Waals surface area contributed by atoms with Gasteiger partial charge in [-0.3, -0.25) is 0 Å². The number of rotatable bonds is 6. The molecular formula is C15H25N2O+. The molecule has 0 bridgehead atoms. The molecule has 100 valence electrons. The lowest BCUT2D eigenvalue weighted by Gasteiger charge is -2.28. The molecular weight excluding hydrogens is 224 g/mol. The number of ether oxygens (including phenoxy) is 1. The van der Waals surface area contributed by atoms with Crippen molar-refractivity contribution in [3.05, 3.63) is 24.5 Å². The molecule has 0 N–H and O–H groups in total. The zero-order valence-electron chi connectivity index (χ0n) is 11.5. The first kappa shape index (κ1) is 13.3. The Morgan fingerprint density at radius 1 is 1.11 bits per heavy atom. The maximum absolute atomic E-state index is 5.37. The van der Waals surface area contributed by atoms with E-state index >= 15 is 0 Å². The molecule has 0 radical (unpaired) electrons. The molecule has 2 heterocycles. The molecule has 1 aromatic rings. The second-order valence-corrected chi connectivity index (χ2v) is 4.95. The minimum absolute atomic E-state index is 0.853. The molecule has 1 aromatic heterocycles. The van der Waals surface area contributed by atoms with Crippen molar-refractivity contribution < 1.29 is 9.30 Å². The van der Waals surface area contributed by atoms with E-state index in [1.807, 2.05) is 0 Å². The van der Waals surface area contributed by atoms with Gasteiger partial charge in [-0.1, -0.05) is 19.8 Å². The summed E-state index contributed by atoms with van der Waals surface area (Å²) in [6.07, 6.45) is 9.70. The second kappa shape index (κ2) is 7.37. The smallest absolute Gasteiger partial charge is 0.170 e. The Bertz CT molecular complexity index is 331. The van der Waals surface area contributed by atoms with Crippen LogP contribution in [0, 0.1) is 0 Å². The van der Waals surface area contributed by atoms with Crippen molar-refractivity contribution in [3.8, 4) is 0 Å². The number of aromatic nitrogens is 1. The highest BCUT2D eigenvalue weighted by atomic mass is 16.5. The van der Waals surface area contributed by atoms with Crippen LogP contribution in [0.3, 0.4) is 0 Å². The van der Waals surface area contributed by atoms with Gasteiger partial charge >= 0.3 is 0 Å². The van der Waals surface area contributed by atoms with Gasteiger partial charge in [-0.2, -0.15) is 0 Å². The first-order chi connectivity index (χ1) is 8.90. The zero-order chi connectivity index (χ0) is 12.6. The van der Waals surface area contributed by atoms with E-state index in [0.717, 1.165) is 32.8 Å². The highest BCUT2D eigenvalue weighted by molar-refractivity contribution is 5.43. The van der Waals surface area contributed by atoms with Crippen LogP contribution in [0.5, 0.6) is 0 Å². The molecule has 0 aromatic carbocycles. The van der Waals surface area contributed by atoms with Crippen molar-refractivity contribution in [2.45, 2.75) is 39.2 Å². The van der Waals surface area contributed by atoms with E-state index in [4.69, 9.17) is 4.74 Å². The van der Waals surface area contributed by atoms with E-state index in [0.29, 0.717) is 0 Å². The summed E-state index contributed by atoms with van der Waals surface area (Å²) in [5, 5.41) is 0. The third-order valence-electron chi connectivity index (χ3n) is 3.52. The maximum Gasteiger partial charge on any atom is 0.170 e. The Morgan fingerprint density at radius 2 is 1.83 bits per heavy atom. The molecule has 1 aliphatic heterocycles. The van der Waals surface area contributed by atoms with E-state index < -0.39 is 0 Å². The van der Waals surface area contributed by atoms with Gasteiger partial charge in [0.05, 0.1) is 13.2 Å². The fraction of sp³-hybridized carbons (Fsp3) is 0.667. The fourth-order valence-corrected chi connectivity index (χ4v) is 2.35. The summed E-state index contributed by atoms with van der Waals surface area (Å²) in [5.74, 6) is 0. The monoisotopic (exact) mass is 249 g/mol. The summed E-state index contributed by atoms with van der Waals surface area (Å²) >= 11 is 0. The van der Waals surface area contributed by atoms with Crippen LogP contribution in [-0.2, 0) is 11.3 Å². The number of unbranched alkanes of at least 4 members (excludes halogenated alkanes) is 3. The van der Waals surface area contributed by atoms with Gasteiger partial charge in [0.1, 0.15) is 6.54 Å². The van der Waals surface area contributed by atoms with Crippen molar-refractivity contribution in [1.82, 2.24) is 0 Å². The molecule has 0 saturated carbocycles. The predicted molar refractivity (Wildman–Crippen MR) is 73.8 cm³/mol. The standard InChI is InChI=1S/C15H25N2O/c1-2-3-4-5-8-16-9-6-15(7-10-16)17-11-13-18-14-12-17/h6-7,9-10H,2-5,8,11-14H2,1H3/q+1. The molecule has 0 unspecified atom stereocenters. The van der Waals surface area contributed by atoms with Crippen molar-refractivity contribution in [3.63, 3.8) is 0 Å². The van der Waals surface area contributed by atoms with Gasteiger partial charge in [0.25, 0.3) is 0 Å². The third kappa shape index (κ3) is 3.98. The van der Waals surface area contributed by atoms with E-state index in [1.165, 1.54) is 31.4 Å². The first-order valence-corrected chi connectivity index (χ1v) is 7.22. The number of pyridine rings is 1. The van der Waals surface area contributed by atoms with E-state index in [-0.39, 0.29) is 0 Å². The van der Waals surface area contributed by atoms with Gasteiger partial charge in [0.15, 0.2) is 12.4 Å². The molecule has 18 heavy (non-hydrogen) atoms. The Labute approximate surface area is 110 Å².